The number of thiophene rings is 1. The van der Waals surface area contributed by atoms with Gasteiger partial charge in [0.1, 0.15) is 5.75 Å². The second kappa shape index (κ2) is 10.8. The van der Waals surface area contributed by atoms with Crippen molar-refractivity contribution in [2.75, 3.05) is 52.9 Å². The average molecular weight is 417 g/mol. The van der Waals surface area contributed by atoms with Gasteiger partial charge in [0.25, 0.3) is 5.91 Å². The predicted octanol–water partition coefficient (Wildman–Crippen LogP) is 2.06. The topological polar surface area (TPSA) is 73.9 Å². The molecule has 2 heterocycles. The van der Waals surface area contributed by atoms with Crippen LogP contribution in [-0.4, -0.2) is 74.7 Å². The Bertz CT molecular complexity index is 772. The summed E-state index contributed by atoms with van der Waals surface area (Å²) in [6.07, 6.45) is 0.791. The number of benzene rings is 1. The second-order valence-corrected chi connectivity index (χ2v) is 7.84. The Hall–Kier alpha value is -2.58. The fourth-order valence-corrected chi connectivity index (χ4v) is 3.85. The quantitative estimate of drug-likeness (QED) is 0.691. The van der Waals surface area contributed by atoms with Crippen LogP contribution >= 0.6 is 11.3 Å². The van der Waals surface area contributed by atoms with E-state index in [0.717, 1.165) is 36.7 Å². The van der Waals surface area contributed by atoms with E-state index < -0.39 is 0 Å². The maximum Gasteiger partial charge on any atom is 0.317 e. The van der Waals surface area contributed by atoms with Crippen molar-refractivity contribution in [3.05, 3.63) is 52.2 Å². The van der Waals surface area contributed by atoms with Gasteiger partial charge in [-0.2, -0.15) is 0 Å². The minimum Gasteiger partial charge on any atom is -0.497 e. The Balaban J connectivity index is 1.29. The number of urea groups is 1. The molecule has 0 saturated carbocycles. The Morgan fingerprint density at radius 2 is 1.79 bits per heavy atom. The van der Waals surface area contributed by atoms with Crippen LogP contribution in [0.1, 0.15) is 15.2 Å². The van der Waals surface area contributed by atoms with Crippen molar-refractivity contribution in [3.8, 4) is 5.75 Å². The van der Waals surface area contributed by atoms with Crippen LogP contribution in [-0.2, 0) is 6.42 Å². The summed E-state index contributed by atoms with van der Waals surface area (Å²) in [5, 5.41) is 7.84. The predicted molar refractivity (Wildman–Crippen MR) is 115 cm³/mol. The highest BCUT2D eigenvalue weighted by Gasteiger charge is 2.20. The van der Waals surface area contributed by atoms with E-state index in [0.29, 0.717) is 26.2 Å². The van der Waals surface area contributed by atoms with E-state index in [1.54, 1.807) is 7.11 Å². The molecule has 3 rings (SSSR count). The van der Waals surface area contributed by atoms with Gasteiger partial charge in [-0.25, -0.2) is 4.79 Å². The van der Waals surface area contributed by atoms with Crippen molar-refractivity contribution in [2.45, 2.75) is 6.42 Å². The molecule has 2 N–H and O–H groups in total. The van der Waals surface area contributed by atoms with Crippen molar-refractivity contribution < 1.29 is 14.3 Å². The van der Waals surface area contributed by atoms with Gasteiger partial charge in [-0.3, -0.25) is 9.69 Å². The molecule has 1 aliphatic rings. The van der Waals surface area contributed by atoms with E-state index in [1.807, 2.05) is 46.7 Å². The smallest absolute Gasteiger partial charge is 0.317 e. The molecule has 29 heavy (non-hydrogen) atoms. The fraction of sp³-hybridized carbons (Fsp3) is 0.429. The minimum absolute atomic E-state index is 0.0100. The van der Waals surface area contributed by atoms with Gasteiger partial charge in [-0.15, -0.1) is 11.3 Å². The number of hydrogen-bond acceptors (Lipinski definition) is 5. The van der Waals surface area contributed by atoms with Gasteiger partial charge in [-0.1, -0.05) is 18.2 Å². The lowest BCUT2D eigenvalue weighted by molar-refractivity contribution is 0.0946. The zero-order chi connectivity index (χ0) is 20.5. The van der Waals surface area contributed by atoms with E-state index in [1.165, 1.54) is 16.9 Å². The fourth-order valence-electron chi connectivity index (χ4n) is 3.21. The van der Waals surface area contributed by atoms with Gasteiger partial charge in [0.2, 0.25) is 0 Å². The first kappa shape index (κ1) is 21.1. The summed E-state index contributed by atoms with van der Waals surface area (Å²) in [7, 11) is 1.65. The second-order valence-electron chi connectivity index (χ2n) is 6.89. The lowest BCUT2D eigenvalue weighted by atomic mass is 10.1. The Labute approximate surface area is 175 Å². The molecule has 2 aromatic rings. The molecule has 1 saturated heterocycles. The Morgan fingerprint density at radius 1 is 1.03 bits per heavy atom. The third kappa shape index (κ3) is 6.47. The molecule has 1 aromatic carbocycles. The van der Waals surface area contributed by atoms with Crippen molar-refractivity contribution in [1.29, 1.82) is 0 Å². The van der Waals surface area contributed by atoms with Gasteiger partial charge in [0.05, 0.1) is 12.0 Å². The number of rotatable bonds is 8. The maximum atomic E-state index is 12.4. The van der Waals surface area contributed by atoms with E-state index in [9.17, 15) is 9.59 Å². The molecular formula is C21H28N4O3S. The number of nitrogens with zero attached hydrogens (tertiary/aromatic N) is 2. The van der Waals surface area contributed by atoms with Gasteiger partial charge >= 0.3 is 6.03 Å². The molecule has 0 spiro atoms. The number of methoxy groups -OCH3 is 1. The summed E-state index contributed by atoms with van der Waals surface area (Å²) in [6, 6.07) is 11.6. The van der Waals surface area contributed by atoms with E-state index >= 15 is 0 Å². The van der Waals surface area contributed by atoms with E-state index in [-0.39, 0.29) is 11.9 Å². The summed E-state index contributed by atoms with van der Waals surface area (Å²) in [6.45, 7) is 5.07. The van der Waals surface area contributed by atoms with Crippen molar-refractivity contribution in [1.82, 2.24) is 20.4 Å². The molecule has 0 radical (unpaired) electrons. The van der Waals surface area contributed by atoms with E-state index in [4.69, 9.17) is 4.74 Å². The number of ether oxygens (including phenoxy) is 1. The SMILES string of the molecule is COc1ccc(CCNC(=O)N2CCN(CCNC(=O)c3cccs3)CC2)cc1. The number of carbonyl (C=O) groups excluding carboxylic acids is 2. The largest absolute Gasteiger partial charge is 0.497 e. The lowest BCUT2D eigenvalue weighted by Crippen LogP contribution is -2.53. The first-order valence-corrected chi connectivity index (χ1v) is 10.7. The van der Waals surface area contributed by atoms with Crippen LogP contribution in [0.3, 0.4) is 0 Å². The van der Waals surface area contributed by atoms with Crippen LogP contribution in [0.2, 0.25) is 0 Å². The molecule has 7 nitrogen and oxygen atoms in total. The first-order chi connectivity index (χ1) is 14.2. The zero-order valence-corrected chi connectivity index (χ0v) is 17.5. The van der Waals surface area contributed by atoms with Crippen molar-refractivity contribution >= 4 is 23.3 Å². The number of piperazine rings is 1. The molecule has 0 aliphatic carbocycles. The summed E-state index contributed by atoms with van der Waals surface area (Å²) in [5.74, 6) is 0.816. The number of carbonyl (C=O) groups is 2. The zero-order valence-electron chi connectivity index (χ0n) is 16.7. The highest BCUT2D eigenvalue weighted by Crippen LogP contribution is 2.11. The standard InChI is InChI=1S/C21H28N4O3S/c1-28-18-6-4-17(5-7-18)8-9-23-21(27)25-14-12-24(13-15-25)11-10-22-20(26)19-3-2-16-29-19/h2-7,16H,8-15H2,1H3,(H,22,26)(H,23,27). The summed E-state index contributed by atoms with van der Waals surface area (Å²) in [5.41, 5.74) is 1.17. The molecule has 1 aromatic heterocycles. The van der Waals surface area contributed by atoms with Crippen LogP contribution in [0, 0.1) is 0 Å². The molecule has 0 unspecified atom stereocenters. The molecule has 1 fully saturated rings. The van der Waals surface area contributed by atoms with Gasteiger partial charge in [0, 0.05) is 45.8 Å². The van der Waals surface area contributed by atoms with Crippen LogP contribution in [0.15, 0.2) is 41.8 Å². The van der Waals surface area contributed by atoms with Crippen LogP contribution < -0.4 is 15.4 Å². The van der Waals surface area contributed by atoms with Gasteiger partial charge < -0.3 is 20.3 Å². The molecule has 3 amide bonds. The van der Waals surface area contributed by atoms with Crippen LogP contribution in [0.25, 0.3) is 0 Å². The minimum atomic E-state index is -0.0186. The normalized spacial score (nSPS) is 14.4. The van der Waals surface area contributed by atoms with Crippen molar-refractivity contribution in [3.63, 3.8) is 0 Å². The van der Waals surface area contributed by atoms with Crippen molar-refractivity contribution in [2.24, 2.45) is 0 Å². The number of amides is 3. The van der Waals surface area contributed by atoms with Gasteiger partial charge in [0.15, 0.2) is 0 Å². The first-order valence-electron chi connectivity index (χ1n) is 9.85. The third-order valence-electron chi connectivity index (χ3n) is 4.97. The maximum absolute atomic E-state index is 12.4. The highest BCUT2D eigenvalue weighted by molar-refractivity contribution is 7.12. The third-order valence-corrected chi connectivity index (χ3v) is 5.84. The summed E-state index contributed by atoms with van der Waals surface area (Å²) >= 11 is 1.44. The average Bonchev–Trinajstić information content (AvgIpc) is 3.30. The molecule has 0 bridgehead atoms. The Kier molecular flexibility index (Phi) is 7.89. The lowest BCUT2D eigenvalue weighted by Gasteiger charge is -2.34. The molecular weight excluding hydrogens is 388 g/mol. The summed E-state index contributed by atoms with van der Waals surface area (Å²) < 4.78 is 5.15. The molecule has 156 valence electrons. The number of nitrogens with one attached hydrogen (secondary N) is 2. The van der Waals surface area contributed by atoms with Crippen LogP contribution in [0.5, 0.6) is 5.75 Å². The molecule has 0 atom stereocenters. The van der Waals surface area contributed by atoms with E-state index in [2.05, 4.69) is 15.5 Å². The number of hydrogen-bond donors (Lipinski definition) is 2. The van der Waals surface area contributed by atoms with Crippen LogP contribution in [0.4, 0.5) is 4.79 Å². The summed E-state index contributed by atoms with van der Waals surface area (Å²) in [4.78, 5) is 29.2. The molecule has 1 aliphatic heterocycles. The van der Waals surface area contributed by atoms with Gasteiger partial charge in [-0.05, 0) is 35.6 Å². The Morgan fingerprint density at radius 3 is 2.45 bits per heavy atom. The molecule has 8 heteroatoms. The monoisotopic (exact) mass is 416 g/mol. The highest BCUT2D eigenvalue weighted by atomic mass is 32.1.